The van der Waals surface area contributed by atoms with Crippen LogP contribution in [-0.4, -0.2) is 39.2 Å². The van der Waals surface area contributed by atoms with Crippen LogP contribution in [0.1, 0.15) is 43.1 Å². The molecule has 0 fully saturated rings. The van der Waals surface area contributed by atoms with Crippen LogP contribution >= 0.6 is 0 Å². The fourth-order valence-electron chi connectivity index (χ4n) is 3.53. The van der Waals surface area contributed by atoms with Crippen LogP contribution in [0.25, 0.3) is 6.08 Å². The molecule has 0 aliphatic carbocycles. The Kier molecular flexibility index (Phi) is 7.12. The smallest absolute Gasteiger partial charge is 0.248 e. The molecule has 3 aromatic rings. The van der Waals surface area contributed by atoms with Crippen molar-refractivity contribution in [3.63, 3.8) is 0 Å². The summed E-state index contributed by atoms with van der Waals surface area (Å²) in [4.78, 5) is 12.5. The van der Waals surface area contributed by atoms with Crippen molar-refractivity contribution in [3.8, 4) is 11.5 Å². The predicted octanol–water partition coefficient (Wildman–Crippen LogP) is 3.97. The lowest BCUT2D eigenvalue weighted by Crippen LogP contribution is -2.32. The number of anilines is 1. The molecule has 8 nitrogen and oxygen atoms in total. The van der Waals surface area contributed by atoms with Crippen LogP contribution in [-0.2, 0) is 17.6 Å². The predicted molar refractivity (Wildman–Crippen MR) is 122 cm³/mol. The van der Waals surface area contributed by atoms with Gasteiger partial charge >= 0.3 is 0 Å². The minimum atomic E-state index is -0.274. The molecule has 1 amide bonds. The zero-order chi connectivity index (χ0) is 22.2. The maximum Gasteiger partial charge on any atom is 0.248 e. The lowest BCUT2D eigenvalue weighted by atomic mass is 10.1. The third kappa shape index (κ3) is 5.72. The molecule has 2 heterocycles. The summed E-state index contributed by atoms with van der Waals surface area (Å²) in [7, 11) is 0. The SMILES string of the molecule is CCCCCc1ccc(/C=C/C(=O)Nc2cccc3c2OC(Cc2nn[nH]n2)CO3)cc1. The first-order chi connectivity index (χ1) is 15.7. The van der Waals surface area contributed by atoms with E-state index in [0.717, 1.165) is 12.0 Å². The number of aromatic nitrogens is 4. The molecular weight excluding hydrogens is 406 g/mol. The van der Waals surface area contributed by atoms with Crippen molar-refractivity contribution < 1.29 is 14.3 Å². The van der Waals surface area contributed by atoms with Gasteiger partial charge in [0.2, 0.25) is 5.91 Å². The number of unbranched alkanes of at least 4 members (excludes halogenated alkanes) is 2. The highest BCUT2D eigenvalue weighted by Gasteiger charge is 2.25. The van der Waals surface area contributed by atoms with Crippen molar-refractivity contribution >= 4 is 17.7 Å². The van der Waals surface area contributed by atoms with Gasteiger partial charge < -0.3 is 14.8 Å². The van der Waals surface area contributed by atoms with Crippen LogP contribution in [0.15, 0.2) is 48.5 Å². The van der Waals surface area contributed by atoms with Gasteiger partial charge in [-0.1, -0.05) is 55.3 Å². The molecule has 4 rings (SSSR count). The Morgan fingerprint density at radius 1 is 1.22 bits per heavy atom. The lowest BCUT2D eigenvalue weighted by molar-refractivity contribution is -0.111. The Bertz CT molecular complexity index is 1050. The normalized spacial score (nSPS) is 15.1. The Hall–Kier alpha value is -3.68. The Morgan fingerprint density at radius 3 is 2.88 bits per heavy atom. The number of nitrogens with one attached hydrogen (secondary N) is 2. The van der Waals surface area contributed by atoms with Crippen molar-refractivity contribution in [2.45, 2.75) is 45.1 Å². The van der Waals surface area contributed by atoms with Crippen LogP contribution in [0.2, 0.25) is 0 Å². The van der Waals surface area contributed by atoms with Gasteiger partial charge in [0.25, 0.3) is 0 Å². The number of fused-ring (bicyclic) bond motifs is 1. The van der Waals surface area contributed by atoms with Crippen LogP contribution in [0.5, 0.6) is 11.5 Å². The number of amides is 1. The molecule has 1 unspecified atom stereocenters. The van der Waals surface area contributed by atoms with Crippen molar-refractivity contribution in [2.24, 2.45) is 0 Å². The first-order valence-corrected chi connectivity index (χ1v) is 10.9. The van der Waals surface area contributed by atoms with Gasteiger partial charge in [0.05, 0.1) is 12.1 Å². The summed E-state index contributed by atoms with van der Waals surface area (Å²) in [6.45, 7) is 2.57. The Balaban J connectivity index is 1.36. The number of carbonyl (C=O) groups excluding carboxylic acids is 1. The number of nitrogens with zero attached hydrogens (tertiary/aromatic N) is 3. The number of hydrogen-bond acceptors (Lipinski definition) is 6. The van der Waals surface area contributed by atoms with E-state index in [0.29, 0.717) is 36.0 Å². The molecule has 1 aliphatic heterocycles. The summed E-state index contributed by atoms with van der Waals surface area (Å²) >= 11 is 0. The summed E-state index contributed by atoms with van der Waals surface area (Å²) in [5.74, 6) is 1.40. The summed E-state index contributed by atoms with van der Waals surface area (Å²) in [5.41, 5.74) is 2.86. The van der Waals surface area contributed by atoms with Gasteiger partial charge in [-0.05, 0) is 42.2 Å². The topological polar surface area (TPSA) is 102 Å². The summed E-state index contributed by atoms with van der Waals surface area (Å²) < 4.78 is 11.9. The van der Waals surface area contributed by atoms with E-state index in [1.54, 1.807) is 12.1 Å². The van der Waals surface area contributed by atoms with Crippen LogP contribution in [0, 0.1) is 0 Å². The second kappa shape index (κ2) is 10.6. The number of benzene rings is 2. The number of H-pyrrole nitrogens is 1. The number of rotatable bonds is 9. The van der Waals surface area contributed by atoms with Crippen molar-refractivity contribution in [1.82, 2.24) is 20.6 Å². The van der Waals surface area contributed by atoms with Crippen molar-refractivity contribution in [1.29, 1.82) is 0 Å². The van der Waals surface area contributed by atoms with Crippen molar-refractivity contribution in [3.05, 3.63) is 65.5 Å². The molecule has 32 heavy (non-hydrogen) atoms. The molecule has 1 aromatic heterocycles. The molecule has 0 radical (unpaired) electrons. The van der Waals surface area contributed by atoms with E-state index < -0.39 is 0 Å². The number of tetrazole rings is 1. The average Bonchev–Trinajstić information content (AvgIpc) is 3.32. The number of carbonyl (C=O) groups is 1. The average molecular weight is 434 g/mol. The standard InChI is InChI=1S/C24H27N5O3/c1-2-3-4-6-17-9-11-18(12-10-17)13-14-23(30)25-20-7-5-8-21-24(20)32-19(16-31-21)15-22-26-28-29-27-22/h5,7-14,19H,2-4,6,15-16H2,1H3,(H,25,30)(H,26,27,28,29)/b14-13+. The molecule has 1 atom stereocenters. The van der Waals surface area contributed by atoms with Gasteiger partial charge in [0, 0.05) is 6.08 Å². The van der Waals surface area contributed by atoms with Crippen LogP contribution < -0.4 is 14.8 Å². The van der Waals surface area contributed by atoms with E-state index in [1.807, 2.05) is 24.3 Å². The fourth-order valence-corrected chi connectivity index (χ4v) is 3.53. The molecule has 2 N–H and O–H groups in total. The van der Waals surface area contributed by atoms with E-state index in [4.69, 9.17) is 9.47 Å². The minimum absolute atomic E-state index is 0.241. The van der Waals surface area contributed by atoms with E-state index in [9.17, 15) is 4.79 Å². The molecule has 166 valence electrons. The van der Waals surface area contributed by atoms with Gasteiger partial charge in [0.15, 0.2) is 17.3 Å². The van der Waals surface area contributed by atoms with E-state index in [1.165, 1.54) is 30.9 Å². The van der Waals surface area contributed by atoms with Crippen molar-refractivity contribution in [2.75, 3.05) is 11.9 Å². The number of hydrogen-bond donors (Lipinski definition) is 2. The summed E-state index contributed by atoms with van der Waals surface area (Å²) in [6, 6.07) is 13.7. The zero-order valence-electron chi connectivity index (χ0n) is 18.1. The maximum atomic E-state index is 12.5. The molecule has 2 aromatic carbocycles. The molecule has 0 saturated heterocycles. The molecular formula is C24H27N5O3. The van der Waals surface area contributed by atoms with E-state index in [-0.39, 0.29) is 12.0 Å². The highest BCUT2D eigenvalue weighted by atomic mass is 16.6. The second-order valence-corrected chi connectivity index (χ2v) is 7.74. The number of aryl methyl sites for hydroxylation is 1. The van der Waals surface area contributed by atoms with Gasteiger partial charge in [-0.15, -0.1) is 10.2 Å². The summed E-state index contributed by atoms with van der Waals surface area (Å²) in [5, 5.41) is 16.8. The number of para-hydroxylation sites is 1. The molecule has 0 saturated carbocycles. The summed E-state index contributed by atoms with van der Waals surface area (Å²) in [6.07, 6.45) is 8.26. The Labute approximate surface area is 187 Å². The molecule has 0 spiro atoms. The highest BCUT2D eigenvalue weighted by molar-refractivity contribution is 6.03. The van der Waals surface area contributed by atoms with Gasteiger partial charge in [-0.25, -0.2) is 0 Å². The largest absolute Gasteiger partial charge is 0.486 e. The second-order valence-electron chi connectivity index (χ2n) is 7.74. The maximum absolute atomic E-state index is 12.5. The van der Waals surface area contributed by atoms with Crippen LogP contribution in [0.4, 0.5) is 5.69 Å². The van der Waals surface area contributed by atoms with Crippen LogP contribution in [0.3, 0.4) is 0 Å². The molecule has 1 aliphatic rings. The lowest BCUT2D eigenvalue weighted by Gasteiger charge is -2.27. The quantitative estimate of drug-likeness (QED) is 0.391. The monoisotopic (exact) mass is 433 g/mol. The number of aromatic amines is 1. The highest BCUT2D eigenvalue weighted by Crippen LogP contribution is 2.39. The van der Waals surface area contributed by atoms with E-state index >= 15 is 0 Å². The third-order valence-electron chi connectivity index (χ3n) is 5.22. The van der Waals surface area contributed by atoms with Gasteiger partial charge in [-0.2, -0.15) is 5.21 Å². The minimum Gasteiger partial charge on any atom is -0.486 e. The third-order valence-corrected chi connectivity index (χ3v) is 5.22. The Morgan fingerprint density at radius 2 is 2.09 bits per heavy atom. The first-order valence-electron chi connectivity index (χ1n) is 10.9. The molecule has 0 bridgehead atoms. The van der Waals surface area contributed by atoms with Gasteiger partial charge in [-0.3, -0.25) is 4.79 Å². The van der Waals surface area contributed by atoms with Gasteiger partial charge in [0.1, 0.15) is 12.7 Å². The van der Waals surface area contributed by atoms with E-state index in [2.05, 4.69) is 45.0 Å². The first kappa shape index (κ1) is 21.5. The molecule has 8 heteroatoms. The zero-order valence-corrected chi connectivity index (χ0v) is 18.1. The number of ether oxygens (including phenoxy) is 2. The fraction of sp³-hybridized carbons (Fsp3) is 0.333.